The normalized spacial score (nSPS) is 15.9. The lowest BCUT2D eigenvalue weighted by molar-refractivity contribution is 0.0606. The maximum absolute atomic E-state index is 14.5. The van der Waals surface area contributed by atoms with E-state index in [1.54, 1.807) is 35.0 Å². The van der Waals surface area contributed by atoms with Crippen LogP contribution in [0, 0.1) is 12.8 Å². The molecular formula is C37H34ClN5O3. The summed E-state index contributed by atoms with van der Waals surface area (Å²) < 4.78 is 3.53. The average Bonchev–Trinajstić information content (AvgIpc) is 3.77. The molecule has 0 spiro atoms. The van der Waals surface area contributed by atoms with E-state index < -0.39 is 0 Å². The number of carbonyl (C=O) groups is 2. The Kier molecular flexibility index (Phi) is 7.90. The van der Waals surface area contributed by atoms with Crippen LogP contribution in [0.15, 0.2) is 90.0 Å². The lowest BCUT2D eigenvalue weighted by atomic mass is 9.93. The fraction of sp³-hybridized carbons (Fsp3) is 0.270. The van der Waals surface area contributed by atoms with E-state index in [1.165, 1.54) is 6.92 Å². The molecule has 1 unspecified atom stereocenters. The number of aromatic nitrogens is 4. The number of carbonyl (C=O) groups excluding carboxylic acids is 2. The lowest BCUT2D eigenvalue weighted by Crippen LogP contribution is -2.48. The van der Waals surface area contributed by atoms with Crippen LogP contribution < -0.4 is 5.56 Å². The first kappa shape index (κ1) is 29.9. The van der Waals surface area contributed by atoms with E-state index in [2.05, 4.69) is 11.2 Å². The Labute approximate surface area is 272 Å². The van der Waals surface area contributed by atoms with Crippen LogP contribution in [0.1, 0.15) is 68.7 Å². The Bertz CT molecular complexity index is 2010. The maximum atomic E-state index is 14.5. The van der Waals surface area contributed by atoms with Gasteiger partial charge in [0.15, 0.2) is 5.78 Å². The van der Waals surface area contributed by atoms with Gasteiger partial charge in [0, 0.05) is 53.0 Å². The molecule has 2 aliphatic rings. The Morgan fingerprint density at radius 3 is 2.41 bits per heavy atom. The van der Waals surface area contributed by atoms with Gasteiger partial charge in [0.05, 0.1) is 23.6 Å². The van der Waals surface area contributed by atoms with Crippen molar-refractivity contribution in [2.24, 2.45) is 5.92 Å². The Hall–Kier alpha value is -4.82. The summed E-state index contributed by atoms with van der Waals surface area (Å²) in [5.41, 5.74) is 5.91. The smallest absolute Gasteiger partial charge is 0.261 e. The second-order valence-electron chi connectivity index (χ2n) is 12.3. The van der Waals surface area contributed by atoms with E-state index in [1.807, 2.05) is 65.2 Å². The van der Waals surface area contributed by atoms with Crippen LogP contribution in [0.25, 0.3) is 11.4 Å². The van der Waals surface area contributed by atoms with Crippen molar-refractivity contribution >= 4 is 23.3 Å². The molecule has 232 valence electrons. The molecule has 1 aliphatic carbocycles. The summed E-state index contributed by atoms with van der Waals surface area (Å²) in [6.07, 6.45) is 7.27. The van der Waals surface area contributed by atoms with E-state index in [0.717, 1.165) is 29.7 Å². The second-order valence-corrected chi connectivity index (χ2v) is 12.7. The Morgan fingerprint density at radius 1 is 0.957 bits per heavy atom. The highest BCUT2D eigenvalue weighted by Gasteiger charge is 2.42. The summed E-state index contributed by atoms with van der Waals surface area (Å²) in [7, 11) is 0. The predicted octanol–water partition coefficient (Wildman–Crippen LogP) is 6.34. The van der Waals surface area contributed by atoms with Crippen molar-refractivity contribution in [3.8, 4) is 11.4 Å². The number of hydrogen-bond acceptors (Lipinski definition) is 5. The highest BCUT2D eigenvalue weighted by atomic mass is 35.5. The van der Waals surface area contributed by atoms with Gasteiger partial charge in [0.25, 0.3) is 11.5 Å². The largest absolute Gasteiger partial charge is 0.329 e. The van der Waals surface area contributed by atoms with Crippen LogP contribution in [0.2, 0.25) is 5.02 Å². The molecule has 0 radical (unpaired) electrons. The number of Topliss-reactive ketones (excluding diaryl/α,β-unsaturated/α-hetero) is 1. The van der Waals surface area contributed by atoms with Gasteiger partial charge in [-0.15, -0.1) is 0 Å². The first-order valence-corrected chi connectivity index (χ1v) is 16.1. The number of ketones is 1. The van der Waals surface area contributed by atoms with Crippen LogP contribution in [0.4, 0.5) is 0 Å². The van der Waals surface area contributed by atoms with Gasteiger partial charge in [0.2, 0.25) is 0 Å². The molecule has 1 saturated carbocycles. The third-order valence-electron chi connectivity index (χ3n) is 9.19. The molecule has 3 aromatic carbocycles. The first-order chi connectivity index (χ1) is 22.3. The molecule has 46 heavy (non-hydrogen) atoms. The number of aryl methyl sites for hydroxylation is 3. The number of fused-ring (bicyclic) bond motifs is 1. The zero-order valence-electron chi connectivity index (χ0n) is 25.8. The van der Waals surface area contributed by atoms with E-state index in [0.29, 0.717) is 64.1 Å². The summed E-state index contributed by atoms with van der Waals surface area (Å²) in [5, 5.41) is 5.04. The summed E-state index contributed by atoms with van der Waals surface area (Å²) >= 11 is 6.27. The third kappa shape index (κ3) is 5.69. The number of hydrogen-bond donors (Lipinski definition) is 0. The average molecular weight is 632 g/mol. The van der Waals surface area contributed by atoms with Crippen LogP contribution >= 0.6 is 11.6 Å². The van der Waals surface area contributed by atoms with Gasteiger partial charge in [-0.25, -0.2) is 9.67 Å². The van der Waals surface area contributed by atoms with Crippen molar-refractivity contribution in [2.45, 2.75) is 58.5 Å². The predicted molar refractivity (Wildman–Crippen MR) is 177 cm³/mol. The summed E-state index contributed by atoms with van der Waals surface area (Å²) in [6.45, 7) is 3.69. The van der Waals surface area contributed by atoms with E-state index in [-0.39, 0.29) is 29.8 Å². The topological polar surface area (TPSA) is 90.1 Å². The molecule has 0 saturated heterocycles. The Balaban J connectivity index is 1.30. The van der Waals surface area contributed by atoms with E-state index in [4.69, 9.17) is 16.6 Å². The maximum Gasteiger partial charge on any atom is 0.261 e. The van der Waals surface area contributed by atoms with Crippen molar-refractivity contribution in [1.29, 1.82) is 0 Å². The number of rotatable bonds is 8. The molecule has 2 aromatic heterocycles. The van der Waals surface area contributed by atoms with E-state index >= 15 is 0 Å². The van der Waals surface area contributed by atoms with Crippen molar-refractivity contribution in [1.82, 2.24) is 24.2 Å². The number of amides is 1. The van der Waals surface area contributed by atoms with Crippen LogP contribution in [0.5, 0.6) is 0 Å². The summed E-state index contributed by atoms with van der Waals surface area (Å²) in [5.74, 6) is 0.856. The minimum atomic E-state index is -0.115. The van der Waals surface area contributed by atoms with Gasteiger partial charge in [-0.05, 0) is 105 Å². The number of benzene rings is 3. The van der Waals surface area contributed by atoms with Crippen molar-refractivity contribution < 1.29 is 9.59 Å². The molecule has 9 heteroatoms. The summed E-state index contributed by atoms with van der Waals surface area (Å²) in [6, 6.07) is 22.4. The van der Waals surface area contributed by atoms with Gasteiger partial charge < -0.3 is 4.90 Å². The highest BCUT2D eigenvalue weighted by Crippen LogP contribution is 2.40. The second kappa shape index (κ2) is 12.2. The molecule has 1 aliphatic heterocycles. The van der Waals surface area contributed by atoms with Gasteiger partial charge >= 0.3 is 0 Å². The lowest BCUT2D eigenvalue weighted by Gasteiger charge is -2.37. The van der Waals surface area contributed by atoms with Crippen LogP contribution in [-0.2, 0) is 25.8 Å². The number of para-hydroxylation sites is 1. The molecule has 7 rings (SSSR count). The van der Waals surface area contributed by atoms with Crippen LogP contribution in [-0.4, -0.2) is 42.0 Å². The molecular weight excluding hydrogens is 598 g/mol. The van der Waals surface area contributed by atoms with Gasteiger partial charge in [0.1, 0.15) is 5.82 Å². The number of nitrogens with zero attached hydrogens (tertiary/aromatic N) is 5. The third-order valence-corrected chi connectivity index (χ3v) is 9.61. The van der Waals surface area contributed by atoms with Crippen molar-refractivity contribution in [3.05, 3.63) is 140 Å². The minimum absolute atomic E-state index is 0.0363. The van der Waals surface area contributed by atoms with Crippen LogP contribution in [0.3, 0.4) is 0 Å². The fourth-order valence-corrected chi connectivity index (χ4v) is 6.65. The molecule has 1 amide bonds. The number of halogens is 1. The van der Waals surface area contributed by atoms with E-state index in [9.17, 15) is 14.4 Å². The molecule has 5 aromatic rings. The fourth-order valence-electron chi connectivity index (χ4n) is 6.53. The van der Waals surface area contributed by atoms with Gasteiger partial charge in [-0.2, -0.15) is 5.10 Å². The van der Waals surface area contributed by atoms with Crippen molar-refractivity contribution in [3.63, 3.8) is 0 Å². The standard InChI is InChI=1S/C37H34ClN5O3/c1-23-20-28(12-16-31(23)38)36(45)41-22-32-30(21-34(41)27-8-9-27)37(46)43(29-14-10-25(11-15-29)24(2)44)35(40-32)17-13-26-6-3-4-7-33(26)42-19-5-18-39-42/h3-7,10-12,14-16,18-20,27,34H,8-9,13,17,21-22H2,1-2H3. The molecule has 0 N–H and O–H groups in total. The molecule has 1 atom stereocenters. The quantitative estimate of drug-likeness (QED) is 0.186. The van der Waals surface area contributed by atoms with Gasteiger partial charge in [-0.1, -0.05) is 29.8 Å². The molecule has 3 heterocycles. The minimum Gasteiger partial charge on any atom is -0.329 e. The Morgan fingerprint density at radius 2 is 1.72 bits per heavy atom. The SMILES string of the molecule is CC(=O)c1ccc(-n2c(CCc3ccccc3-n3cccn3)nc3c(c2=O)CC(C2CC2)N(C(=O)c2ccc(Cl)c(C)c2)C3)cc1. The monoisotopic (exact) mass is 631 g/mol. The highest BCUT2D eigenvalue weighted by molar-refractivity contribution is 6.31. The first-order valence-electron chi connectivity index (χ1n) is 15.7. The zero-order valence-corrected chi connectivity index (χ0v) is 26.6. The molecule has 1 fully saturated rings. The van der Waals surface area contributed by atoms with Gasteiger partial charge in [-0.3, -0.25) is 19.0 Å². The van der Waals surface area contributed by atoms with Crippen molar-refractivity contribution in [2.75, 3.05) is 0 Å². The molecule has 0 bridgehead atoms. The zero-order chi connectivity index (χ0) is 31.9. The molecule has 8 nitrogen and oxygen atoms in total. The summed E-state index contributed by atoms with van der Waals surface area (Å²) in [4.78, 5) is 47.5.